The molecule has 1 aliphatic carbocycles. The predicted octanol–water partition coefficient (Wildman–Crippen LogP) is 3.27. The number of rotatable bonds is 2. The molecule has 1 N–H and O–H groups in total. The van der Waals surface area contributed by atoms with Crippen LogP contribution in [0.5, 0.6) is 0 Å². The summed E-state index contributed by atoms with van der Waals surface area (Å²) in [6, 6.07) is 1.93. The van der Waals surface area contributed by atoms with Crippen LogP contribution in [-0.2, 0) is 6.42 Å². The standard InChI is InChI=1S/C16H19N3OS/c1-9-7-14(17-8-10(9)2)16(20)19-13-6-4-5-12-15(13)21-11(3)18-12/h7-8,13H,4-6H2,1-3H3,(H,19,20). The maximum Gasteiger partial charge on any atom is 0.270 e. The van der Waals surface area contributed by atoms with E-state index in [9.17, 15) is 4.79 Å². The molecular formula is C16H19N3OS. The molecule has 0 aliphatic heterocycles. The smallest absolute Gasteiger partial charge is 0.270 e. The normalized spacial score (nSPS) is 17.4. The van der Waals surface area contributed by atoms with E-state index in [0.717, 1.165) is 41.1 Å². The average Bonchev–Trinajstić information content (AvgIpc) is 2.83. The minimum Gasteiger partial charge on any atom is -0.343 e. The molecule has 0 fully saturated rings. The van der Waals surface area contributed by atoms with Gasteiger partial charge in [-0.1, -0.05) is 0 Å². The minimum atomic E-state index is -0.0954. The maximum atomic E-state index is 12.4. The van der Waals surface area contributed by atoms with Gasteiger partial charge in [0.25, 0.3) is 5.91 Å². The number of fused-ring (bicyclic) bond motifs is 1. The van der Waals surface area contributed by atoms with Gasteiger partial charge in [-0.15, -0.1) is 11.3 Å². The quantitative estimate of drug-likeness (QED) is 0.926. The number of aryl methyl sites for hydroxylation is 4. The fourth-order valence-electron chi connectivity index (χ4n) is 2.66. The Labute approximate surface area is 128 Å². The van der Waals surface area contributed by atoms with E-state index < -0.39 is 0 Å². The van der Waals surface area contributed by atoms with E-state index in [-0.39, 0.29) is 11.9 Å². The number of nitrogens with one attached hydrogen (secondary N) is 1. The molecule has 21 heavy (non-hydrogen) atoms. The summed E-state index contributed by atoms with van der Waals surface area (Å²) in [6.45, 7) is 6.02. The van der Waals surface area contributed by atoms with Gasteiger partial charge in [0.2, 0.25) is 0 Å². The van der Waals surface area contributed by atoms with Crippen molar-refractivity contribution in [2.24, 2.45) is 0 Å². The highest BCUT2D eigenvalue weighted by molar-refractivity contribution is 7.11. The zero-order valence-electron chi connectivity index (χ0n) is 12.6. The highest BCUT2D eigenvalue weighted by Crippen LogP contribution is 2.34. The van der Waals surface area contributed by atoms with Crippen LogP contribution in [0.3, 0.4) is 0 Å². The van der Waals surface area contributed by atoms with E-state index in [1.165, 1.54) is 4.88 Å². The van der Waals surface area contributed by atoms with E-state index in [2.05, 4.69) is 15.3 Å². The van der Waals surface area contributed by atoms with Gasteiger partial charge in [0.05, 0.1) is 21.6 Å². The largest absolute Gasteiger partial charge is 0.343 e. The highest BCUT2D eigenvalue weighted by Gasteiger charge is 2.25. The second-order valence-corrected chi connectivity index (χ2v) is 6.85. The summed E-state index contributed by atoms with van der Waals surface area (Å²) in [5, 5.41) is 4.19. The average molecular weight is 301 g/mol. The summed E-state index contributed by atoms with van der Waals surface area (Å²) >= 11 is 1.69. The lowest BCUT2D eigenvalue weighted by Crippen LogP contribution is -2.31. The van der Waals surface area contributed by atoms with Crippen molar-refractivity contribution in [3.8, 4) is 0 Å². The lowest BCUT2D eigenvalue weighted by Gasteiger charge is -2.22. The van der Waals surface area contributed by atoms with Crippen molar-refractivity contribution in [3.05, 3.63) is 44.7 Å². The van der Waals surface area contributed by atoms with Gasteiger partial charge in [-0.05, 0) is 57.2 Å². The van der Waals surface area contributed by atoms with E-state index in [1.807, 2.05) is 26.8 Å². The summed E-state index contributed by atoms with van der Waals surface area (Å²) in [4.78, 5) is 22.4. The van der Waals surface area contributed by atoms with Crippen LogP contribution in [0.2, 0.25) is 0 Å². The second kappa shape index (κ2) is 5.56. The number of carbonyl (C=O) groups is 1. The number of carbonyl (C=O) groups excluding carboxylic acids is 1. The number of thiazole rings is 1. The Kier molecular flexibility index (Phi) is 3.76. The first-order valence-corrected chi connectivity index (χ1v) is 8.06. The number of hydrogen-bond donors (Lipinski definition) is 1. The molecule has 2 aromatic heterocycles. The van der Waals surface area contributed by atoms with E-state index in [4.69, 9.17) is 0 Å². The van der Waals surface area contributed by atoms with Crippen molar-refractivity contribution in [3.63, 3.8) is 0 Å². The molecule has 0 saturated heterocycles. The third-order valence-corrected chi connectivity index (χ3v) is 5.09. The molecule has 2 aromatic rings. The van der Waals surface area contributed by atoms with Crippen molar-refractivity contribution < 1.29 is 4.79 Å². The van der Waals surface area contributed by atoms with Crippen LogP contribution in [0.15, 0.2) is 12.3 Å². The molecule has 1 atom stereocenters. The molecule has 1 amide bonds. The molecule has 4 nitrogen and oxygen atoms in total. The Balaban J connectivity index is 1.80. The molecular weight excluding hydrogens is 282 g/mol. The number of pyridine rings is 1. The molecule has 1 unspecified atom stereocenters. The molecule has 0 radical (unpaired) electrons. The summed E-state index contributed by atoms with van der Waals surface area (Å²) < 4.78 is 0. The Morgan fingerprint density at radius 1 is 1.33 bits per heavy atom. The number of amides is 1. The molecule has 5 heteroatoms. The Morgan fingerprint density at radius 2 is 2.14 bits per heavy atom. The fraction of sp³-hybridized carbons (Fsp3) is 0.438. The molecule has 0 aromatic carbocycles. The molecule has 0 saturated carbocycles. The predicted molar refractivity (Wildman–Crippen MR) is 83.7 cm³/mol. The molecule has 0 spiro atoms. The van der Waals surface area contributed by atoms with Crippen molar-refractivity contribution in [1.82, 2.24) is 15.3 Å². The third kappa shape index (κ3) is 2.83. The van der Waals surface area contributed by atoms with Gasteiger partial charge < -0.3 is 5.32 Å². The van der Waals surface area contributed by atoms with Gasteiger partial charge >= 0.3 is 0 Å². The van der Waals surface area contributed by atoms with Crippen LogP contribution in [0.25, 0.3) is 0 Å². The van der Waals surface area contributed by atoms with Crippen LogP contribution in [0.4, 0.5) is 0 Å². The summed E-state index contributed by atoms with van der Waals surface area (Å²) in [5.41, 5.74) is 3.84. The van der Waals surface area contributed by atoms with Crippen LogP contribution >= 0.6 is 11.3 Å². The fourth-order valence-corrected chi connectivity index (χ4v) is 3.72. The van der Waals surface area contributed by atoms with Crippen molar-refractivity contribution in [2.75, 3.05) is 0 Å². The van der Waals surface area contributed by atoms with Gasteiger partial charge in [0, 0.05) is 6.20 Å². The van der Waals surface area contributed by atoms with Gasteiger partial charge in [-0.2, -0.15) is 0 Å². The Morgan fingerprint density at radius 3 is 2.90 bits per heavy atom. The number of hydrogen-bond acceptors (Lipinski definition) is 4. The van der Waals surface area contributed by atoms with Crippen molar-refractivity contribution in [2.45, 2.75) is 46.1 Å². The van der Waals surface area contributed by atoms with Crippen LogP contribution in [0, 0.1) is 20.8 Å². The first-order chi connectivity index (χ1) is 10.0. The zero-order valence-corrected chi connectivity index (χ0v) is 13.4. The second-order valence-electron chi connectivity index (χ2n) is 5.62. The van der Waals surface area contributed by atoms with E-state index in [0.29, 0.717) is 5.69 Å². The monoisotopic (exact) mass is 301 g/mol. The van der Waals surface area contributed by atoms with Crippen LogP contribution < -0.4 is 5.32 Å². The topological polar surface area (TPSA) is 54.9 Å². The maximum absolute atomic E-state index is 12.4. The van der Waals surface area contributed by atoms with Gasteiger partial charge in [-0.25, -0.2) is 4.98 Å². The first-order valence-electron chi connectivity index (χ1n) is 7.25. The van der Waals surface area contributed by atoms with Gasteiger partial charge in [0.15, 0.2) is 0 Å². The summed E-state index contributed by atoms with van der Waals surface area (Å²) in [5.74, 6) is -0.0954. The first kappa shape index (κ1) is 14.2. The van der Waals surface area contributed by atoms with Crippen LogP contribution in [-0.4, -0.2) is 15.9 Å². The van der Waals surface area contributed by atoms with Crippen molar-refractivity contribution >= 4 is 17.2 Å². The van der Waals surface area contributed by atoms with Gasteiger partial charge in [0.1, 0.15) is 5.69 Å². The highest BCUT2D eigenvalue weighted by atomic mass is 32.1. The van der Waals surface area contributed by atoms with Crippen molar-refractivity contribution in [1.29, 1.82) is 0 Å². The molecule has 3 rings (SSSR count). The summed E-state index contributed by atoms with van der Waals surface area (Å²) in [7, 11) is 0. The van der Waals surface area contributed by atoms with Gasteiger partial charge in [-0.3, -0.25) is 9.78 Å². The molecule has 110 valence electrons. The zero-order chi connectivity index (χ0) is 15.0. The summed E-state index contributed by atoms with van der Waals surface area (Å²) in [6.07, 6.45) is 4.83. The Hall–Kier alpha value is -1.75. The van der Waals surface area contributed by atoms with Crippen LogP contribution in [0.1, 0.15) is 56.1 Å². The SMILES string of the molecule is Cc1nc2c(s1)C(NC(=O)c1cc(C)c(C)cn1)CCC2. The molecule has 1 aliphatic rings. The third-order valence-electron chi connectivity index (χ3n) is 3.97. The lowest BCUT2D eigenvalue weighted by molar-refractivity contribution is 0.0928. The van der Waals surface area contributed by atoms with E-state index in [1.54, 1.807) is 17.5 Å². The minimum absolute atomic E-state index is 0.0795. The molecule has 0 bridgehead atoms. The van der Waals surface area contributed by atoms with E-state index >= 15 is 0 Å². The number of aromatic nitrogens is 2. The number of nitrogens with zero attached hydrogens (tertiary/aromatic N) is 2. The molecule has 2 heterocycles. The Bertz CT molecular complexity index is 693. The lowest BCUT2D eigenvalue weighted by atomic mass is 9.98.